The van der Waals surface area contributed by atoms with E-state index in [1.54, 1.807) is 11.8 Å². The van der Waals surface area contributed by atoms with Crippen LogP contribution in [-0.2, 0) is 14.3 Å². The third-order valence-electron chi connectivity index (χ3n) is 2.54. The number of carbonyl (C=O) groups is 2. The van der Waals surface area contributed by atoms with Crippen LogP contribution in [0.5, 0.6) is 0 Å². The number of hydrogen-bond donors (Lipinski definition) is 0. The van der Waals surface area contributed by atoms with E-state index in [0.29, 0.717) is 10.8 Å². The summed E-state index contributed by atoms with van der Waals surface area (Å²) in [6.45, 7) is 1.91. The van der Waals surface area contributed by atoms with Crippen molar-refractivity contribution < 1.29 is 14.3 Å². The smallest absolute Gasteiger partial charge is 0.351 e. The fourth-order valence-corrected chi connectivity index (χ4v) is 2.72. The Hall–Kier alpha value is -1.48. The summed E-state index contributed by atoms with van der Waals surface area (Å²) in [6.07, 6.45) is 1.88. The van der Waals surface area contributed by atoms with Crippen molar-refractivity contribution in [3.05, 3.63) is 10.6 Å². The highest BCUT2D eigenvalue weighted by Crippen LogP contribution is 2.40. The summed E-state index contributed by atoms with van der Waals surface area (Å²) in [5.41, 5.74) is -0.0467. The van der Waals surface area contributed by atoms with Gasteiger partial charge in [-0.25, -0.2) is 4.79 Å². The molecule has 2 aliphatic rings. The summed E-state index contributed by atoms with van der Waals surface area (Å²) >= 11 is 1.25. The Morgan fingerprint density at radius 1 is 1.65 bits per heavy atom. The van der Waals surface area contributed by atoms with E-state index in [1.165, 1.54) is 11.8 Å². The maximum absolute atomic E-state index is 11.7. The molecule has 1 aliphatic heterocycles. The van der Waals surface area contributed by atoms with Gasteiger partial charge in [-0.3, -0.25) is 4.79 Å². The molecule has 1 heterocycles. The molecule has 2 fully saturated rings. The Kier molecular flexibility index (Phi) is 3.38. The molecule has 0 bridgehead atoms. The minimum Gasteiger partial charge on any atom is -0.462 e. The van der Waals surface area contributed by atoms with E-state index in [-0.39, 0.29) is 24.1 Å². The number of rotatable bonds is 3. The van der Waals surface area contributed by atoms with Crippen molar-refractivity contribution in [2.75, 3.05) is 12.4 Å². The van der Waals surface area contributed by atoms with Gasteiger partial charge in [0, 0.05) is 6.04 Å². The van der Waals surface area contributed by atoms with Crippen molar-refractivity contribution in [1.82, 2.24) is 4.90 Å². The van der Waals surface area contributed by atoms with Gasteiger partial charge in [-0.2, -0.15) is 5.26 Å². The van der Waals surface area contributed by atoms with E-state index in [9.17, 15) is 9.59 Å². The number of nitriles is 1. The van der Waals surface area contributed by atoms with Crippen molar-refractivity contribution >= 4 is 23.6 Å². The number of esters is 1. The van der Waals surface area contributed by atoms with Crippen molar-refractivity contribution in [3.63, 3.8) is 0 Å². The van der Waals surface area contributed by atoms with E-state index in [4.69, 9.17) is 10.00 Å². The van der Waals surface area contributed by atoms with Gasteiger partial charge < -0.3 is 9.64 Å². The van der Waals surface area contributed by atoms with Crippen LogP contribution in [0.1, 0.15) is 19.8 Å². The van der Waals surface area contributed by atoms with Gasteiger partial charge >= 0.3 is 5.97 Å². The molecule has 0 aromatic carbocycles. The normalized spacial score (nSPS) is 22.4. The van der Waals surface area contributed by atoms with Gasteiger partial charge in [0.1, 0.15) is 11.1 Å². The average Bonchev–Trinajstić information content (AvgIpc) is 3.06. The third-order valence-corrected chi connectivity index (χ3v) is 3.60. The number of amides is 1. The first kappa shape index (κ1) is 12.0. The zero-order valence-corrected chi connectivity index (χ0v) is 10.2. The first-order valence-corrected chi connectivity index (χ1v) is 6.44. The van der Waals surface area contributed by atoms with Crippen LogP contribution in [-0.4, -0.2) is 35.2 Å². The summed E-state index contributed by atoms with van der Waals surface area (Å²) in [5.74, 6) is -0.362. The lowest BCUT2D eigenvalue weighted by Gasteiger charge is -2.16. The summed E-state index contributed by atoms with van der Waals surface area (Å²) in [6, 6.07) is 2.02. The van der Waals surface area contributed by atoms with Crippen molar-refractivity contribution in [3.8, 4) is 6.07 Å². The number of hydrogen-bond acceptors (Lipinski definition) is 5. The van der Waals surface area contributed by atoms with Crippen LogP contribution in [0.2, 0.25) is 0 Å². The zero-order chi connectivity index (χ0) is 12.4. The number of nitrogens with zero attached hydrogens (tertiary/aromatic N) is 2. The molecule has 1 amide bonds. The van der Waals surface area contributed by atoms with Gasteiger partial charge in [0.05, 0.1) is 12.4 Å². The molecule has 0 N–H and O–H groups in total. The Bertz CT molecular complexity index is 434. The van der Waals surface area contributed by atoms with Gasteiger partial charge in [0.2, 0.25) is 5.91 Å². The summed E-state index contributed by atoms with van der Waals surface area (Å²) in [5, 5.41) is 9.50. The molecule has 0 radical (unpaired) electrons. The predicted octanol–water partition coefficient (Wildman–Crippen LogP) is 1.02. The van der Waals surface area contributed by atoms with Crippen molar-refractivity contribution in [1.29, 1.82) is 5.26 Å². The quantitative estimate of drug-likeness (QED) is 0.426. The second-order valence-electron chi connectivity index (χ2n) is 3.80. The lowest BCUT2D eigenvalue weighted by molar-refractivity contribution is -0.138. The van der Waals surface area contributed by atoms with Crippen molar-refractivity contribution in [2.24, 2.45) is 0 Å². The minimum absolute atomic E-state index is 0.0236. The van der Waals surface area contributed by atoms with Crippen LogP contribution in [0.25, 0.3) is 0 Å². The lowest BCUT2D eigenvalue weighted by atomic mass is 10.3. The molecule has 90 valence electrons. The lowest BCUT2D eigenvalue weighted by Crippen LogP contribution is -2.28. The van der Waals surface area contributed by atoms with Crippen LogP contribution >= 0.6 is 11.8 Å². The maximum Gasteiger partial charge on any atom is 0.351 e. The molecule has 1 aliphatic carbocycles. The van der Waals surface area contributed by atoms with Gasteiger partial charge in [0.15, 0.2) is 5.57 Å². The van der Waals surface area contributed by atoms with Gasteiger partial charge in [-0.05, 0) is 19.8 Å². The molecule has 0 spiro atoms. The third kappa shape index (κ3) is 2.29. The molecule has 0 aromatic heterocycles. The van der Waals surface area contributed by atoms with E-state index >= 15 is 0 Å². The molecule has 2 rings (SSSR count). The Morgan fingerprint density at radius 3 is 2.88 bits per heavy atom. The Morgan fingerprint density at radius 2 is 2.35 bits per heavy atom. The highest BCUT2D eigenvalue weighted by Gasteiger charge is 2.41. The van der Waals surface area contributed by atoms with Gasteiger partial charge in [-0.1, -0.05) is 11.8 Å². The average molecular weight is 252 g/mol. The first-order chi connectivity index (χ1) is 8.19. The molecule has 1 saturated heterocycles. The van der Waals surface area contributed by atoms with Gasteiger partial charge in [0.25, 0.3) is 0 Å². The molecule has 0 atom stereocenters. The highest BCUT2D eigenvalue weighted by atomic mass is 32.2. The van der Waals surface area contributed by atoms with E-state index in [0.717, 1.165) is 12.8 Å². The zero-order valence-electron chi connectivity index (χ0n) is 9.43. The number of thioether (sulfide) groups is 1. The van der Waals surface area contributed by atoms with E-state index in [1.807, 2.05) is 6.07 Å². The van der Waals surface area contributed by atoms with Crippen LogP contribution < -0.4 is 0 Å². The molecule has 0 unspecified atom stereocenters. The first-order valence-electron chi connectivity index (χ1n) is 5.45. The Balaban J connectivity index is 2.30. The van der Waals surface area contributed by atoms with Gasteiger partial charge in [-0.15, -0.1) is 0 Å². The van der Waals surface area contributed by atoms with Crippen LogP contribution in [0.3, 0.4) is 0 Å². The second kappa shape index (κ2) is 4.80. The fraction of sp³-hybridized carbons (Fsp3) is 0.545. The predicted molar refractivity (Wildman–Crippen MR) is 61.6 cm³/mol. The summed E-state index contributed by atoms with van der Waals surface area (Å²) < 4.78 is 4.82. The van der Waals surface area contributed by atoms with Crippen LogP contribution in [0.4, 0.5) is 0 Å². The SMILES string of the molecule is CCOC(=O)C(C#N)=C1SCC(=O)N1C1CC1. The van der Waals surface area contributed by atoms with Crippen LogP contribution in [0.15, 0.2) is 10.6 Å². The summed E-state index contributed by atoms with van der Waals surface area (Å²) in [4.78, 5) is 24.9. The largest absolute Gasteiger partial charge is 0.462 e. The maximum atomic E-state index is 11.7. The van der Waals surface area contributed by atoms with E-state index < -0.39 is 5.97 Å². The number of carbonyl (C=O) groups excluding carboxylic acids is 2. The topological polar surface area (TPSA) is 70.4 Å². The highest BCUT2D eigenvalue weighted by molar-refractivity contribution is 8.04. The second-order valence-corrected chi connectivity index (χ2v) is 4.76. The summed E-state index contributed by atoms with van der Waals surface area (Å²) in [7, 11) is 0. The molecule has 0 aromatic rings. The fourth-order valence-electron chi connectivity index (χ4n) is 1.66. The van der Waals surface area contributed by atoms with Crippen LogP contribution in [0, 0.1) is 11.3 Å². The molecule has 5 nitrogen and oxygen atoms in total. The standard InChI is InChI=1S/C11H12N2O3S/c1-2-16-11(15)8(5-12)10-13(7-3-4-7)9(14)6-17-10/h7H,2-4,6H2,1H3. The van der Waals surface area contributed by atoms with Crippen molar-refractivity contribution in [2.45, 2.75) is 25.8 Å². The Labute approximate surface area is 103 Å². The molecule has 6 heteroatoms. The monoisotopic (exact) mass is 252 g/mol. The minimum atomic E-state index is -0.641. The molecule has 1 saturated carbocycles. The molecule has 17 heavy (non-hydrogen) atoms. The van der Waals surface area contributed by atoms with E-state index in [2.05, 4.69) is 0 Å². The number of ether oxygens (including phenoxy) is 1. The molecular weight excluding hydrogens is 240 g/mol. The molecular formula is C11H12N2O3S.